The Morgan fingerprint density at radius 3 is 2.38 bits per heavy atom. The highest BCUT2D eigenvalue weighted by atomic mass is 19.4. The van der Waals surface area contributed by atoms with Gasteiger partial charge in [0.1, 0.15) is 22.8 Å². The largest absolute Gasteiger partial charge is 0.508 e. The summed E-state index contributed by atoms with van der Waals surface area (Å²) >= 11 is 0. The van der Waals surface area contributed by atoms with E-state index in [9.17, 15) is 52.8 Å². The Balaban J connectivity index is 1.84. The van der Waals surface area contributed by atoms with E-state index in [1.54, 1.807) is 19.0 Å². The van der Waals surface area contributed by atoms with Gasteiger partial charge in [-0.05, 0) is 30.4 Å². The van der Waals surface area contributed by atoms with Crippen molar-refractivity contribution in [1.29, 1.82) is 0 Å². The third-order valence-electron chi connectivity index (χ3n) is 7.25. The van der Waals surface area contributed by atoms with E-state index in [4.69, 9.17) is 5.73 Å². The van der Waals surface area contributed by atoms with Gasteiger partial charge in [0.05, 0.1) is 17.8 Å². The molecule has 0 bridgehead atoms. The summed E-state index contributed by atoms with van der Waals surface area (Å²) in [5, 5.41) is 47.3. The second-order valence-corrected chi connectivity index (χ2v) is 9.85. The van der Waals surface area contributed by atoms with Crippen molar-refractivity contribution in [2.75, 3.05) is 30.9 Å². The summed E-state index contributed by atoms with van der Waals surface area (Å²) in [6.45, 7) is -1.17. The van der Waals surface area contributed by atoms with Gasteiger partial charge in [-0.1, -0.05) is 0 Å². The topological polar surface area (TPSA) is 203 Å². The average Bonchev–Trinajstić information content (AvgIpc) is 2.80. The highest BCUT2D eigenvalue weighted by Crippen LogP contribution is 2.54. The maximum atomic E-state index is 13.6. The molecule has 210 valence electrons. The zero-order chi connectivity index (χ0) is 29.2. The van der Waals surface area contributed by atoms with Gasteiger partial charge in [0.15, 0.2) is 11.4 Å². The molecule has 39 heavy (non-hydrogen) atoms. The number of nitrogens with two attached hydrogens (primary N) is 1. The standard InChI is InChI=1S/C24H25F3N4O8/c1-31(2)12-6-11(30-14(33)7-29-24(25,26)27)18(34)16-10(12)4-8-3-9-5-13(32)17(22(28)38)21(37)23(9,39)20(36)15(8)19(16)35/h6,8-9,29,34-35,37,39H,3-5,7H2,1-2H3,(H2,28,38)(H,30,33)/t8-,9+,23+/m1/s1. The van der Waals surface area contributed by atoms with Crippen molar-refractivity contribution < 1.29 is 52.8 Å². The highest BCUT2D eigenvalue weighted by Gasteiger charge is 2.60. The van der Waals surface area contributed by atoms with Gasteiger partial charge in [-0.2, -0.15) is 13.2 Å². The van der Waals surface area contributed by atoms with Gasteiger partial charge in [0, 0.05) is 37.7 Å². The van der Waals surface area contributed by atoms with Crippen LogP contribution in [0, 0.1) is 11.8 Å². The van der Waals surface area contributed by atoms with Crippen LogP contribution in [0.15, 0.2) is 23.0 Å². The Morgan fingerprint density at radius 2 is 1.82 bits per heavy atom. The summed E-state index contributed by atoms with van der Waals surface area (Å²) in [6.07, 6.45) is -5.36. The maximum absolute atomic E-state index is 13.6. The van der Waals surface area contributed by atoms with Crippen molar-refractivity contribution in [3.8, 4) is 5.75 Å². The van der Waals surface area contributed by atoms with Crippen LogP contribution in [0.3, 0.4) is 0 Å². The smallest absolute Gasteiger partial charge is 0.457 e. The van der Waals surface area contributed by atoms with Gasteiger partial charge in [0.2, 0.25) is 11.7 Å². The molecule has 1 aromatic carbocycles. The number of phenols is 1. The van der Waals surface area contributed by atoms with Crippen LogP contribution in [0.2, 0.25) is 0 Å². The molecule has 0 radical (unpaired) electrons. The number of nitrogens with zero attached hydrogens (tertiary/aromatic N) is 1. The van der Waals surface area contributed by atoms with Crippen molar-refractivity contribution in [3.05, 3.63) is 34.1 Å². The number of aliphatic hydroxyl groups is 3. The third-order valence-corrected chi connectivity index (χ3v) is 7.25. The molecule has 0 aromatic heterocycles. The van der Waals surface area contributed by atoms with E-state index in [-0.39, 0.29) is 24.1 Å². The number of hydrogen-bond donors (Lipinski definition) is 7. The average molecular weight is 554 g/mol. The van der Waals surface area contributed by atoms with Crippen LogP contribution < -0.4 is 21.3 Å². The number of hydrogen-bond acceptors (Lipinski definition) is 10. The molecular weight excluding hydrogens is 529 g/mol. The van der Waals surface area contributed by atoms with Gasteiger partial charge in [-0.15, -0.1) is 0 Å². The molecule has 3 atom stereocenters. The van der Waals surface area contributed by atoms with Crippen LogP contribution in [-0.2, 0) is 25.6 Å². The first-order chi connectivity index (χ1) is 18.0. The van der Waals surface area contributed by atoms with E-state index in [1.165, 1.54) is 6.07 Å². The first-order valence-corrected chi connectivity index (χ1v) is 11.6. The summed E-state index contributed by atoms with van der Waals surface area (Å²) in [5.74, 6) is -9.25. The van der Waals surface area contributed by atoms with Crippen LogP contribution >= 0.6 is 0 Å². The van der Waals surface area contributed by atoms with E-state index in [0.29, 0.717) is 11.3 Å². The molecule has 8 N–H and O–H groups in total. The number of carbonyl (C=O) groups excluding carboxylic acids is 4. The molecule has 0 heterocycles. The molecule has 2 amide bonds. The van der Waals surface area contributed by atoms with E-state index >= 15 is 0 Å². The second-order valence-electron chi connectivity index (χ2n) is 9.85. The number of alkyl halides is 3. The number of nitrogens with one attached hydrogen (secondary N) is 2. The predicted molar refractivity (Wildman–Crippen MR) is 128 cm³/mol. The maximum Gasteiger partial charge on any atom is 0.457 e. The molecule has 1 saturated carbocycles. The van der Waals surface area contributed by atoms with E-state index < -0.39 is 88.5 Å². The van der Waals surface area contributed by atoms with Crippen molar-refractivity contribution in [1.82, 2.24) is 5.32 Å². The van der Waals surface area contributed by atoms with Gasteiger partial charge in [-0.3, -0.25) is 19.2 Å². The molecule has 0 aliphatic heterocycles. The van der Waals surface area contributed by atoms with Crippen molar-refractivity contribution in [2.45, 2.75) is 31.2 Å². The highest BCUT2D eigenvalue weighted by molar-refractivity contribution is 6.22. The molecule has 3 aliphatic carbocycles. The van der Waals surface area contributed by atoms with Gasteiger partial charge in [-0.25, -0.2) is 5.32 Å². The lowest BCUT2D eigenvalue weighted by Gasteiger charge is -2.46. The molecule has 0 unspecified atom stereocenters. The van der Waals surface area contributed by atoms with Gasteiger partial charge in [0.25, 0.3) is 5.91 Å². The van der Waals surface area contributed by atoms with Crippen LogP contribution in [0.25, 0.3) is 5.76 Å². The lowest BCUT2D eigenvalue weighted by molar-refractivity contribution is -0.159. The van der Waals surface area contributed by atoms with Crippen LogP contribution in [0.5, 0.6) is 5.75 Å². The molecule has 0 spiro atoms. The predicted octanol–water partition coefficient (Wildman–Crippen LogP) is 0.538. The summed E-state index contributed by atoms with van der Waals surface area (Å²) in [7, 11) is 3.19. The Kier molecular flexibility index (Phi) is 6.63. The fraction of sp³-hybridized carbons (Fsp3) is 0.417. The van der Waals surface area contributed by atoms with Crippen molar-refractivity contribution in [3.63, 3.8) is 0 Å². The van der Waals surface area contributed by atoms with E-state index in [1.807, 2.05) is 0 Å². The number of halogens is 3. The first kappa shape index (κ1) is 27.9. The number of Topliss-reactive ketones (excluding diaryl/α,β-unsaturated/α-hetero) is 2. The number of aliphatic hydroxyl groups excluding tert-OH is 2. The Labute approximate surface area is 218 Å². The zero-order valence-electron chi connectivity index (χ0n) is 20.6. The Morgan fingerprint density at radius 1 is 1.18 bits per heavy atom. The Hall–Kier alpha value is -4.11. The lowest BCUT2D eigenvalue weighted by atomic mass is 9.59. The third kappa shape index (κ3) is 4.46. The number of ketones is 2. The normalized spacial score (nSPS) is 24.7. The second kappa shape index (κ2) is 9.27. The number of fused-ring (bicyclic) bond motifs is 3. The fourth-order valence-electron chi connectivity index (χ4n) is 5.54. The van der Waals surface area contributed by atoms with Gasteiger partial charge >= 0.3 is 6.30 Å². The number of carbonyl (C=O) groups is 4. The van der Waals surface area contributed by atoms with Crippen LogP contribution in [0.1, 0.15) is 24.0 Å². The monoisotopic (exact) mass is 554 g/mol. The number of aromatic hydroxyl groups is 1. The number of rotatable bonds is 5. The molecule has 12 nitrogen and oxygen atoms in total. The molecule has 1 fully saturated rings. The minimum Gasteiger partial charge on any atom is -0.508 e. The van der Waals surface area contributed by atoms with Gasteiger partial charge < -0.3 is 36.4 Å². The number of amides is 2. The molecule has 4 rings (SSSR count). The molecular formula is C24H25F3N4O8. The fourth-order valence-corrected chi connectivity index (χ4v) is 5.54. The summed E-state index contributed by atoms with van der Waals surface area (Å²) < 4.78 is 37.3. The van der Waals surface area contributed by atoms with Crippen LogP contribution in [0.4, 0.5) is 24.5 Å². The lowest BCUT2D eigenvalue weighted by Crippen LogP contribution is -2.58. The van der Waals surface area contributed by atoms with E-state index in [2.05, 4.69) is 5.32 Å². The number of benzene rings is 1. The van der Waals surface area contributed by atoms with Crippen molar-refractivity contribution in [2.24, 2.45) is 17.6 Å². The molecule has 3 aliphatic rings. The Bertz CT molecular complexity index is 1380. The SMILES string of the molecule is CN(C)c1cc(NC(=O)CNC(F)(F)F)c(O)c2c1C[C@H]1C[C@H]3CC(=O)C(C(N)=O)=C(O)[C@@]3(O)C(=O)C1=C2O. The number of phenolic OH excluding ortho intramolecular Hbond substituents is 1. The number of primary amides is 1. The summed E-state index contributed by atoms with van der Waals surface area (Å²) in [6, 6.07) is 1.29. The van der Waals surface area contributed by atoms with Crippen LogP contribution in [-0.4, -0.2) is 76.3 Å². The molecule has 1 aromatic rings. The first-order valence-electron chi connectivity index (χ1n) is 11.6. The summed E-state index contributed by atoms with van der Waals surface area (Å²) in [5.41, 5.74) is 1.10. The minimum atomic E-state index is -4.83. The van der Waals surface area contributed by atoms with E-state index in [0.717, 1.165) is 5.32 Å². The summed E-state index contributed by atoms with van der Waals surface area (Å²) in [4.78, 5) is 51.4. The zero-order valence-corrected chi connectivity index (χ0v) is 20.6. The quantitative estimate of drug-likeness (QED) is 0.153. The van der Waals surface area contributed by atoms with Crippen molar-refractivity contribution >= 4 is 40.5 Å². The number of anilines is 2. The molecule has 15 heteroatoms. The molecule has 0 saturated heterocycles. The minimum absolute atomic E-state index is 0.0132.